The highest BCUT2D eigenvalue weighted by molar-refractivity contribution is 7.93. The van der Waals surface area contributed by atoms with Gasteiger partial charge in [-0.1, -0.05) is 0 Å². The van der Waals surface area contributed by atoms with Crippen molar-refractivity contribution in [3.8, 4) is 0 Å². The number of hydrogen-bond acceptors (Lipinski definition) is 4. The minimum atomic E-state index is -3.71. The van der Waals surface area contributed by atoms with E-state index in [4.69, 9.17) is 5.73 Å². The summed E-state index contributed by atoms with van der Waals surface area (Å²) in [6, 6.07) is 5.08. The molecule has 8 heteroatoms. The van der Waals surface area contributed by atoms with Crippen LogP contribution in [0.5, 0.6) is 0 Å². The van der Waals surface area contributed by atoms with Gasteiger partial charge in [-0.15, -0.1) is 0 Å². The van der Waals surface area contributed by atoms with Crippen LogP contribution in [0, 0.1) is 6.92 Å². The van der Waals surface area contributed by atoms with Gasteiger partial charge in [0.2, 0.25) is 0 Å². The van der Waals surface area contributed by atoms with Gasteiger partial charge < -0.3 is 10.7 Å². The molecule has 2 heterocycles. The number of nitrogens with zero attached hydrogens (tertiary/aromatic N) is 1. The van der Waals surface area contributed by atoms with Crippen LogP contribution in [0.1, 0.15) is 5.56 Å². The van der Waals surface area contributed by atoms with Crippen LogP contribution in [-0.4, -0.2) is 23.6 Å². The van der Waals surface area contributed by atoms with Gasteiger partial charge in [0.1, 0.15) is 10.7 Å². The fraction of sp³-hybridized carbons (Fsp3) is 0.0833. The molecule has 0 amide bonds. The Labute approximate surface area is 115 Å². The zero-order chi connectivity index (χ0) is 14.3. The van der Waals surface area contributed by atoms with E-state index in [0.717, 1.165) is 0 Å². The molecular formula is C12H13N5O2S. The van der Waals surface area contributed by atoms with Crippen LogP contribution >= 0.6 is 0 Å². The monoisotopic (exact) mass is 291 g/mol. The first-order valence-corrected chi connectivity index (χ1v) is 7.35. The molecule has 104 valence electrons. The fourth-order valence-electron chi connectivity index (χ4n) is 1.97. The standard InChI is InChI=1S/C12H13N5O2S/c1-7-5-15-16-12(7)17-20(18,19)11-6-14-10-3-2-8(13)4-9(10)11/h2-6,14H,13H2,1H3,(H2,15,16,17). The molecule has 0 bridgehead atoms. The molecular weight excluding hydrogens is 278 g/mol. The number of nitrogens with two attached hydrogens (primary N) is 1. The summed E-state index contributed by atoms with van der Waals surface area (Å²) >= 11 is 0. The second kappa shape index (κ2) is 4.27. The van der Waals surface area contributed by atoms with Crippen molar-refractivity contribution in [2.75, 3.05) is 10.5 Å². The van der Waals surface area contributed by atoms with E-state index in [-0.39, 0.29) is 4.90 Å². The predicted molar refractivity (Wildman–Crippen MR) is 76.8 cm³/mol. The van der Waals surface area contributed by atoms with Crippen molar-refractivity contribution in [2.45, 2.75) is 11.8 Å². The van der Waals surface area contributed by atoms with Crippen molar-refractivity contribution < 1.29 is 8.42 Å². The summed E-state index contributed by atoms with van der Waals surface area (Å²) in [5.74, 6) is 0.350. The number of rotatable bonds is 3. The second-order valence-electron chi connectivity index (χ2n) is 4.49. The number of benzene rings is 1. The Hall–Kier alpha value is -2.48. The van der Waals surface area contributed by atoms with Crippen LogP contribution in [0.2, 0.25) is 0 Å². The topological polar surface area (TPSA) is 117 Å². The summed E-state index contributed by atoms with van der Waals surface area (Å²) < 4.78 is 27.3. The molecule has 3 aromatic rings. The van der Waals surface area contributed by atoms with Crippen LogP contribution in [0.15, 0.2) is 35.5 Å². The highest BCUT2D eigenvalue weighted by Gasteiger charge is 2.20. The van der Waals surface area contributed by atoms with Gasteiger partial charge in [0.05, 0.1) is 6.20 Å². The van der Waals surface area contributed by atoms with E-state index in [0.29, 0.717) is 28.0 Å². The van der Waals surface area contributed by atoms with E-state index in [1.54, 1.807) is 31.3 Å². The fourth-order valence-corrected chi connectivity index (χ4v) is 3.23. The maximum Gasteiger partial charge on any atom is 0.265 e. The van der Waals surface area contributed by atoms with Gasteiger partial charge in [0, 0.05) is 28.4 Å². The van der Waals surface area contributed by atoms with Crippen molar-refractivity contribution in [1.29, 1.82) is 0 Å². The lowest BCUT2D eigenvalue weighted by Crippen LogP contribution is -2.13. The number of aromatic amines is 2. The molecule has 0 atom stereocenters. The van der Waals surface area contributed by atoms with Crippen molar-refractivity contribution >= 4 is 32.4 Å². The Morgan fingerprint density at radius 3 is 2.85 bits per heavy atom. The SMILES string of the molecule is Cc1cn[nH]c1NS(=O)(=O)c1c[nH]c2ccc(N)cc12. The predicted octanol–water partition coefficient (Wildman–Crippen LogP) is 1.58. The average Bonchev–Trinajstić information content (AvgIpc) is 2.96. The molecule has 0 radical (unpaired) electrons. The van der Waals surface area contributed by atoms with E-state index >= 15 is 0 Å². The molecule has 5 N–H and O–H groups in total. The average molecular weight is 291 g/mol. The maximum atomic E-state index is 12.4. The molecule has 0 spiro atoms. The Kier molecular flexibility index (Phi) is 2.68. The summed E-state index contributed by atoms with van der Waals surface area (Å²) in [5.41, 5.74) is 7.64. The van der Waals surface area contributed by atoms with E-state index in [1.807, 2.05) is 0 Å². The van der Waals surface area contributed by atoms with Crippen molar-refractivity contribution in [2.24, 2.45) is 0 Å². The molecule has 3 rings (SSSR count). The van der Waals surface area contributed by atoms with Crippen LogP contribution in [0.3, 0.4) is 0 Å². The first kappa shape index (κ1) is 12.5. The Morgan fingerprint density at radius 1 is 1.35 bits per heavy atom. The number of H-pyrrole nitrogens is 2. The van der Waals surface area contributed by atoms with E-state index in [9.17, 15) is 8.42 Å². The van der Waals surface area contributed by atoms with Crippen molar-refractivity contribution in [3.05, 3.63) is 36.2 Å². The highest BCUT2D eigenvalue weighted by atomic mass is 32.2. The number of nitrogens with one attached hydrogen (secondary N) is 3. The summed E-state index contributed by atoms with van der Waals surface area (Å²) in [6.45, 7) is 1.76. The lowest BCUT2D eigenvalue weighted by atomic mass is 10.2. The highest BCUT2D eigenvalue weighted by Crippen LogP contribution is 2.26. The van der Waals surface area contributed by atoms with Crippen LogP contribution < -0.4 is 10.5 Å². The second-order valence-corrected chi connectivity index (χ2v) is 6.14. The quantitative estimate of drug-likeness (QED) is 0.548. The molecule has 0 aliphatic heterocycles. The molecule has 0 saturated carbocycles. The van der Waals surface area contributed by atoms with Crippen LogP contribution in [0.25, 0.3) is 10.9 Å². The molecule has 0 aliphatic rings. The van der Waals surface area contributed by atoms with E-state index < -0.39 is 10.0 Å². The van der Waals surface area contributed by atoms with Gasteiger partial charge in [0.15, 0.2) is 0 Å². The minimum Gasteiger partial charge on any atom is -0.399 e. The van der Waals surface area contributed by atoms with Gasteiger partial charge in [-0.05, 0) is 25.1 Å². The van der Waals surface area contributed by atoms with Gasteiger partial charge in [-0.2, -0.15) is 5.10 Å². The maximum absolute atomic E-state index is 12.4. The third-order valence-corrected chi connectivity index (χ3v) is 4.41. The van der Waals surface area contributed by atoms with Crippen LogP contribution in [-0.2, 0) is 10.0 Å². The number of aromatic nitrogens is 3. The summed E-state index contributed by atoms with van der Waals surface area (Å²) in [4.78, 5) is 3.06. The third kappa shape index (κ3) is 1.99. The van der Waals surface area contributed by atoms with Gasteiger partial charge >= 0.3 is 0 Å². The lowest BCUT2D eigenvalue weighted by molar-refractivity contribution is 0.602. The van der Waals surface area contributed by atoms with Crippen LogP contribution in [0.4, 0.5) is 11.5 Å². The van der Waals surface area contributed by atoms with Crippen molar-refractivity contribution in [1.82, 2.24) is 15.2 Å². The lowest BCUT2D eigenvalue weighted by Gasteiger charge is -2.06. The minimum absolute atomic E-state index is 0.147. The number of hydrogen-bond donors (Lipinski definition) is 4. The third-order valence-electron chi connectivity index (χ3n) is 3.02. The summed E-state index contributed by atoms with van der Waals surface area (Å²) in [5, 5.41) is 6.94. The number of fused-ring (bicyclic) bond motifs is 1. The van der Waals surface area contributed by atoms with Gasteiger partial charge in [-0.3, -0.25) is 9.82 Å². The first-order valence-electron chi connectivity index (χ1n) is 5.87. The first-order chi connectivity index (χ1) is 9.47. The molecule has 20 heavy (non-hydrogen) atoms. The smallest absolute Gasteiger partial charge is 0.265 e. The normalized spacial score (nSPS) is 11.8. The van der Waals surface area contributed by atoms with Gasteiger partial charge in [0.25, 0.3) is 10.0 Å². The summed E-state index contributed by atoms with van der Waals surface area (Å²) in [7, 11) is -3.71. The molecule has 0 unspecified atom stereocenters. The van der Waals surface area contributed by atoms with E-state index in [2.05, 4.69) is 19.9 Å². The number of anilines is 2. The Balaban J connectivity index is 2.10. The van der Waals surface area contributed by atoms with Crippen molar-refractivity contribution in [3.63, 3.8) is 0 Å². The Morgan fingerprint density at radius 2 is 2.15 bits per heavy atom. The molecule has 0 aliphatic carbocycles. The number of sulfonamides is 1. The number of nitrogen functional groups attached to an aromatic ring is 1. The Bertz CT molecular complexity index is 878. The van der Waals surface area contributed by atoms with E-state index in [1.165, 1.54) is 6.20 Å². The number of aryl methyl sites for hydroxylation is 1. The molecule has 7 nitrogen and oxygen atoms in total. The van der Waals surface area contributed by atoms with Gasteiger partial charge in [-0.25, -0.2) is 8.42 Å². The molecule has 0 fully saturated rings. The molecule has 2 aromatic heterocycles. The zero-order valence-corrected chi connectivity index (χ0v) is 11.5. The zero-order valence-electron chi connectivity index (χ0n) is 10.6. The largest absolute Gasteiger partial charge is 0.399 e. The summed E-state index contributed by atoms with van der Waals surface area (Å²) in [6.07, 6.45) is 2.99. The molecule has 0 saturated heterocycles. The molecule has 1 aromatic carbocycles.